The first-order chi connectivity index (χ1) is 10.6. The fraction of sp³-hybridized carbons (Fsp3) is 0.500. The molecule has 4 fully saturated rings. The molecule has 4 heterocycles. The minimum atomic E-state index is -0.423. The van der Waals surface area contributed by atoms with Gasteiger partial charge >= 0.3 is 0 Å². The Balaban J connectivity index is 1.69. The van der Waals surface area contributed by atoms with Gasteiger partial charge in [0.1, 0.15) is 0 Å². The van der Waals surface area contributed by atoms with Crippen molar-refractivity contribution in [3.63, 3.8) is 0 Å². The SMILES string of the molecule is O=[N+]([O-])c1ccc(/C(=N/O)C23CN4CN(CN(C4)C2)C3)cc1. The van der Waals surface area contributed by atoms with Crippen LogP contribution in [0, 0.1) is 15.5 Å². The van der Waals surface area contributed by atoms with Gasteiger partial charge in [0.25, 0.3) is 5.69 Å². The van der Waals surface area contributed by atoms with Gasteiger partial charge in [-0.2, -0.15) is 0 Å². The zero-order chi connectivity index (χ0) is 15.3. The molecular formula is C14H17N5O3. The van der Waals surface area contributed by atoms with Crippen LogP contribution in [0.15, 0.2) is 29.4 Å². The molecule has 8 heteroatoms. The highest BCUT2D eigenvalue weighted by molar-refractivity contribution is 6.05. The molecule has 1 aromatic rings. The number of oxime groups is 1. The summed E-state index contributed by atoms with van der Waals surface area (Å²) in [5.41, 5.74) is 1.18. The molecule has 1 N–H and O–H groups in total. The second-order valence-electron chi connectivity index (χ2n) is 6.44. The molecule has 22 heavy (non-hydrogen) atoms. The van der Waals surface area contributed by atoms with E-state index in [1.54, 1.807) is 12.1 Å². The van der Waals surface area contributed by atoms with E-state index < -0.39 is 4.92 Å². The maximum Gasteiger partial charge on any atom is 0.269 e. The first-order valence-electron chi connectivity index (χ1n) is 7.24. The van der Waals surface area contributed by atoms with Gasteiger partial charge in [0.05, 0.1) is 36.1 Å². The quantitative estimate of drug-likeness (QED) is 0.380. The van der Waals surface area contributed by atoms with Gasteiger partial charge in [-0.05, 0) is 12.1 Å². The Bertz CT molecular complexity index is 607. The van der Waals surface area contributed by atoms with Crippen LogP contribution in [-0.4, -0.2) is 70.2 Å². The predicted octanol–water partition coefficient (Wildman–Crippen LogP) is 0.579. The first kappa shape index (κ1) is 13.6. The van der Waals surface area contributed by atoms with Crippen LogP contribution >= 0.6 is 0 Å². The van der Waals surface area contributed by atoms with Gasteiger partial charge in [-0.3, -0.25) is 24.8 Å². The van der Waals surface area contributed by atoms with Gasteiger partial charge in [-0.25, -0.2) is 0 Å². The fourth-order valence-electron chi connectivity index (χ4n) is 4.15. The molecule has 116 valence electrons. The highest BCUT2D eigenvalue weighted by Gasteiger charge is 2.52. The summed E-state index contributed by atoms with van der Waals surface area (Å²) in [7, 11) is 0. The molecular weight excluding hydrogens is 286 g/mol. The fourth-order valence-corrected chi connectivity index (χ4v) is 4.15. The van der Waals surface area contributed by atoms with E-state index in [4.69, 9.17) is 0 Å². The monoisotopic (exact) mass is 303 g/mol. The van der Waals surface area contributed by atoms with Crippen LogP contribution in [0.25, 0.3) is 0 Å². The zero-order valence-electron chi connectivity index (χ0n) is 12.1. The summed E-state index contributed by atoms with van der Waals surface area (Å²) in [6.07, 6.45) is 0. The van der Waals surface area contributed by atoms with Crippen molar-refractivity contribution < 1.29 is 10.1 Å². The summed E-state index contributed by atoms with van der Waals surface area (Å²) < 4.78 is 0. The van der Waals surface area contributed by atoms with E-state index in [-0.39, 0.29) is 11.1 Å². The van der Waals surface area contributed by atoms with Gasteiger partial charge < -0.3 is 5.21 Å². The Morgan fingerprint density at radius 1 is 1.09 bits per heavy atom. The maximum atomic E-state index is 10.8. The third-order valence-corrected chi connectivity index (χ3v) is 4.73. The van der Waals surface area contributed by atoms with Crippen LogP contribution < -0.4 is 0 Å². The molecule has 1 aromatic carbocycles. The lowest BCUT2D eigenvalue weighted by molar-refractivity contribution is -0.384. The molecule has 4 saturated heterocycles. The van der Waals surface area contributed by atoms with Gasteiger partial charge in [0.15, 0.2) is 0 Å². The second kappa shape index (κ2) is 4.73. The molecule has 8 nitrogen and oxygen atoms in total. The molecule has 5 rings (SSSR count). The molecule has 0 atom stereocenters. The lowest BCUT2D eigenvalue weighted by Crippen LogP contribution is -2.74. The molecule has 0 spiro atoms. The highest BCUT2D eigenvalue weighted by atomic mass is 16.6. The standard InChI is InChI=1S/C14H17N5O3/c20-15-13(11-1-3-12(4-2-11)19(21)22)14-5-16-8-17(6-14)10-18(7-14)9-16/h1-4,20H,5-10H2/b15-13-. The Morgan fingerprint density at radius 3 is 2.00 bits per heavy atom. The molecule has 0 amide bonds. The normalized spacial score (nSPS) is 36.5. The van der Waals surface area contributed by atoms with Crippen LogP contribution in [0.4, 0.5) is 5.69 Å². The number of non-ortho nitro benzene ring substituents is 1. The number of nitro groups is 1. The maximum absolute atomic E-state index is 10.8. The van der Waals surface area contributed by atoms with E-state index in [1.807, 2.05) is 0 Å². The highest BCUT2D eigenvalue weighted by Crippen LogP contribution is 2.38. The van der Waals surface area contributed by atoms with Gasteiger partial charge in [0.2, 0.25) is 0 Å². The molecule has 0 radical (unpaired) electrons. The van der Waals surface area contributed by atoms with Crippen LogP contribution in [0.3, 0.4) is 0 Å². The van der Waals surface area contributed by atoms with Gasteiger partial charge in [0, 0.05) is 37.3 Å². The van der Waals surface area contributed by atoms with Crippen molar-refractivity contribution in [3.8, 4) is 0 Å². The van der Waals surface area contributed by atoms with Gasteiger partial charge in [-0.1, -0.05) is 5.16 Å². The van der Waals surface area contributed by atoms with Crippen molar-refractivity contribution in [2.75, 3.05) is 39.6 Å². The average molecular weight is 303 g/mol. The van der Waals surface area contributed by atoms with Crippen LogP contribution in [0.2, 0.25) is 0 Å². The molecule has 0 unspecified atom stereocenters. The molecule has 0 aromatic heterocycles. The van der Waals surface area contributed by atoms with E-state index in [2.05, 4.69) is 19.9 Å². The lowest BCUT2D eigenvalue weighted by atomic mass is 9.74. The third kappa shape index (κ3) is 1.99. The topological polar surface area (TPSA) is 85.4 Å². The van der Waals surface area contributed by atoms with Crippen molar-refractivity contribution in [2.45, 2.75) is 0 Å². The number of benzene rings is 1. The average Bonchev–Trinajstić information content (AvgIpc) is 2.46. The Labute approximate surface area is 127 Å². The van der Waals surface area contributed by atoms with E-state index in [0.29, 0.717) is 5.71 Å². The number of nitro benzene ring substituents is 1. The summed E-state index contributed by atoms with van der Waals surface area (Å²) in [4.78, 5) is 17.4. The van der Waals surface area contributed by atoms with Crippen molar-refractivity contribution >= 4 is 11.4 Å². The van der Waals surface area contributed by atoms with Crippen molar-refractivity contribution in [3.05, 3.63) is 39.9 Å². The third-order valence-electron chi connectivity index (χ3n) is 4.73. The molecule has 0 aliphatic carbocycles. The van der Waals surface area contributed by atoms with Crippen molar-refractivity contribution in [1.29, 1.82) is 0 Å². The number of hydrogen-bond donors (Lipinski definition) is 1. The summed E-state index contributed by atoms with van der Waals surface area (Å²) in [5, 5.41) is 24.0. The number of rotatable bonds is 3. The summed E-state index contributed by atoms with van der Waals surface area (Å²) in [6.45, 7) is 5.44. The first-order valence-corrected chi connectivity index (χ1v) is 7.24. The molecule has 4 aliphatic rings. The Hall–Kier alpha value is -2.03. The van der Waals surface area contributed by atoms with E-state index in [1.165, 1.54) is 12.1 Å². The van der Waals surface area contributed by atoms with Crippen LogP contribution in [-0.2, 0) is 0 Å². The number of hydrogen-bond acceptors (Lipinski definition) is 7. The summed E-state index contributed by atoms with van der Waals surface area (Å²) in [6, 6.07) is 6.27. The lowest BCUT2D eigenvalue weighted by Gasteiger charge is -2.60. The minimum Gasteiger partial charge on any atom is -0.411 e. The molecule has 4 aliphatic heterocycles. The molecule has 0 saturated carbocycles. The van der Waals surface area contributed by atoms with Crippen LogP contribution in [0.1, 0.15) is 5.56 Å². The predicted molar refractivity (Wildman–Crippen MR) is 78.6 cm³/mol. The number of nitrogens with zero attached hydrogens (tertiary/aromatic N) is 5. The van der Waals surface area contributed by atoms with Crippen molar-refractivity contribution in [1.82, 2.24) is 14.7 Å². The molecule has 4 bridgehead atoms. The zero-order valence-corrected chi connectivity index (χ0v) is 12.1. The van der Waals surface area contributed by atoms with Crippen LogP contribution in [0.5, 0.6) is 0 Å². The minimum absolute atomic E-state index is 0.0443. The second-order valence-corrected chi connectivity index (χ2v) is 6.44. The summed E-state index contributed by atoms with van der Waals surface area (Å²) >= 11 is 0. The Kier molecular flexibility index (Phi) is 2.93. The summed E-state index contributed by atoms with van der Waals surface area (Å²) in [5.74, 6) is 0. The smallest absolute Gasteiger partial charge is 0.269 e. The Morgan fingerprint density at radius 2 is 1.59 bits per heavy atom. The largest absolute Gasteiger partial charge is 0.411 e. The van der Waals surface area contributed by atoms with E-state index in [0.717, 1.165) is 45.2 Å². The van der Waals surface area contributed by atoms with Crippen molar-refractivity contribution in [2.24, 2.45) is 10.6 Å². The van der Waals surface area contributed by atoms with E-state index >= 15 is 0 Å². The van der Waals surface area contributed by atoms with E-state index in [9.17, 15) is 15.3 Å². The van der Waals surface area contributed by atoms with Gasteiger partial charge in [-0.15, -0.1) is 0 Å².